The molecule has 0 aliphatic heterocycles. The van der Waals surface area contributed by atoms with Gasteiger partial charge in [-0.3, -0.25) is 4.79 Å². The van der Waals surface area contributed by atoms with Gasteiger partial charge in [-0.05, 0) is 55.0 Å². The molecule has 0 saturated carbocycles. The number of nitrogens with one attached hydrogen (secondary N) is 1. The Morgan fingerprint density at radius 2 is 2.00 bits per heavy atom. The van der Waals surface area contributed by atoms with E-state index in [0.29, 0.717) is 45.4 Å². The third-order valence-corrected chi connectivity index (χ3v) is 4.95. The molecule has 0 aliphatic rings. The highest BCUT2D eigenvalue weighted by Gasteiger charge is 2.18. The summed E-state index contributed by atoms with van der Waals surface area (Å²) in [6, 6.07) is 16.1. The number of oxazole rings is 1. The van der Waals surface area contributed by atoms with Gasteiger partial charge in [0.1, 0.15) is 29.2 Å². The van der Waals surface area contributed by atoms with Crippen LogP contribution in [0.15, 0.2) is 76.0 Å². The summed E-state index contributed by atoms with van der Waals surface area (Å²) in [7, 11) is 1.60. The fourth-order valence-corrected chi connectivity index (χ4v) is 3.27. The lowest BCUT2D eigenvalue weighted by Gasteiger charge is -2.04. The number of carbonyl (C=O) groups excluding carboxylic acids is 1. The van der Waals surface area contributed by atoms with Crippen LogP contribution in [0.2, 0.25) is 0 Å². The molecule has 32 heavy (non-hydrogen) atoms. The van der Waals surface area contributed by atoms with Crippen LogP contribution in [-0.4, -0.2) is 28.1 Å². The summed E-state index contributed by atoms with van der Waals surface area (Å²) in [5.74, 6) is 1.32. The first-order valence-corrected chi connectivity index (χ1v) is 9.84. The molecule has 3 heterocycles. The summed E-state index contributed by atoms with van der Waals surface area (Å²) in [6.45, 7) is 1.93. The van der Waals surface area contributed by atoms with Crippen LogP contribution in [0, 0.1) is 6.92 Å². The summed E-state index contributed by atoms with van der Waals surface area (Å²) in [6.07, 6.45) is 3.20. The van der Waals surface area contributed by atoms with Crippen molar-refractivity contribution in [3.63, 3.8) is 0 Å². The van der Waals surface area contributed by atoms with Crippen molar-refractivity contribution >= 4 is 22.7 Å². The predicted molar refractivity (Wildman–Crippen MR) is 118 cm³/mol. The van der Waals surface area contributed by atoms with Crippen LogP contribution < -0.4 is 10.1 Å². The number of rotatable bonds is 5. The lowest BCUT2D eigenvalue weighted by Crippen LogP contribution is -2.12. The molecule has 0 bridgehead atoms. The van der Waals surface area contributed by atoms with E-state index in [1.165, 1.54) is 6.26 Å². The quantitative estimate of drug-likeness (QED) is 0.416. The number of nitrogens with zero attached hydrogens (tertiary/aromatic N) is 3. The maximum atomic E-state index is 12.7. The minimum Gasteiger partial charge on any atom is -0.497 e. The number of ether oxygens (including phenoxy) is 1. The molecule has 8 heteroatoms. The molecule has 0 saturated heterocycles. The second-order valence-electron chi connectivity index (χ2n) is 7.19. The largest absolute Gasteiger partial charge is 0.497 e. The van der Waals surface area contributed by atoms with E-state index in [2.05, 4.69) is 20.4 Å². The minimum absolute atomic E-state index is 0.285. The van der Waals surface area contributed by atoms with E-state index in [9.17, 15) is 4.79 Å². The van der Waals surface area contributed by atoms with Gasteiger partial charge in [-0.1, -0.05) is 17.3 Å². The van der Waals surface area contributed by atoms with Crippen molar-refractivity contribution in [2.24, 2.45) is 0 Å². The molecule has 2 aromatic carbocycles. The first-order valence-electron chi connectivity index (χ1n) is 9.84. The highest BCUT2D eigenvalue weighted by atomic mass is 16.5. The van der Waals surface area contributed by atoms with Crippen molar-refractivity contribution in [3.05, 3.63) is 78.2 Å². The lowest BCUT2D eigenvalue weighted by molar-refractivity contribution is 0.102. The first kappa shape index (κ1) is 19.5. The summed E-state index contributed by atoms with van der Waals surface area (Å²) < 4.78 is 16.3. The van der Waals surface area contributed by atoms with Crippen molar-refractivity contribution < 1.29 is 18.5 Å². The zero-order valence-corrected chi connectivity index (χ0v) is 17.3. The lowest BCUT2D eigenvalue weighted by atomic mass is 10.1. The summed E-state index contributed by atoms with van der Waals surface area (Å²) in [4.78, 5) is 21.5. The molecule has 0 aliphatic carbocycles. The van der Waals surface area contributed by atoms with E-state index in [4.69, 9.17) is 13.7 Å². The molecule has 158 valence electrons. The van der Waals surface area contributed by atoms with E-state index >= 15 is 0 Å². The zero-order chi connectivity index (χ0) is 22.1. The van der Waals surface area contributed by atoms with E-state index in [1.807, 2.05) is 37.3 Å². The van der Waals surface area contributed by atoms with Crippen LogP contribution in [0.1, 0.15) is 15.9 Å². The molecule has 8 nitrogen and oxygen atoms in total. The van der Waals surface area contributed by atoms with Gasteiger partial charge in [0.2, 0.25) is 5.89 Å². The molecule has 1 N–H and O–H groups in total. The van der Waals surface area contributed by atoms with Crippen molar-refractivity contribution in [3.8, 4) is 28.6 Å². The second kappa shape index (κ2) is 7.99. The number of fused-ring (bicyclic) bond motifs is 1. The number of carbonyl (C=O) groups is 1. The molecule has 5 rings (SSSR count). The van der Waals surface area contributed by atoms with Gasteiger partial charge in [-0.2, -0.15) is 0 Å². The van der Waals surface area contributed by atoms with Crippen molar-refractivity contribution in [2.45, 2.75) is 6.92 Å². The van der Waals surface area contributed by atoms with Gasteiger partial charge in [0, 0.05) is 17.3 Å². The predicted octanol–water partition coefficient (Wildman–Crippen LogP) is 5.11. The van der Waals surface area contributed by atoms with Crippen LogP contribution in [0.4, 0.5) is 5.82 Å². The number of methoxy groups -OCH3 is 1. The Morgan fingerprint density at radius 3 is 2.81 bits per heavy atom. The molecule has 0 spiro atoms. The van der Waals surface area contributed by atoms with Crippen molar-refractivity contribution in [2.75, 3.05) is 12.4 Å². The molecule has 0 fully saturated rings. The second-order valence-corrected chi connectivity index (χ2v) is 7.19. The van der Waals surface area contributed by atoms with E-state index in [0.717, 1.165) is 11.1 Å². The van der Waals surface area contributed by atoms with E-state index in [1.54, 1.807) is 37.6 Å². The third kappa shape index (κ3) is 3.69. The Bertz CT molecular complexity index is 1420. The standard InChI is InChI=1S/C24H18N4O4/c1-14-6-9-21(25-12-14)27-23(29)15-7-8-20-18(11-15)22(28-32-20)19-13-31-24(26-19)16-4-3-5-17(10-16)30-2/h3-13H,1-2H3,(H,25,27,29). The molecule has 1 amide bonds. The van der Waals surface area contributed by atoms with Crippen LogP contribution in [0.25, 0.3) is 33.8 Å². The maximum absolute atomic E-state index is 12.7. The normalized spacial score (nSPS) is 10.9. The molecular formula is C24H18N4O4. The molecule has 0 unspecified atom stereocenters. The number of aryl methyl sites for hydroxylation is 1. The SMILES string of the molecule is COc1cccc(-c2nc(-c3noc4ccc(C(=O)Nc5ccc(C)cn5)cc34)co2)c1. The Kier molecular flexibility index (Phi) is 4.87. The Morgan fingerprint density at radius 1 is 1.09 bits per heavy atom. The Balaban J connectivity index is 1.46. The zero-order valence-electron chi connectivity index (χ0n) is 17.3. The fourth-order valence-electron chi connectivity index (χ4n) is 3.27. The smallest absolute Gasteiger partial charge is 0.256 e. The van der Waals surface area contributed by atoms with Crippen LogP contribution >= 0.6 is 0 Å². The maximum Gasteiger partial charge on any atom is 0.256 e. The number of pyridine rings is 1. The summed E-state index contributed by atoms with van der Waals surface area (Å²) in [5.41, 5.74) is 3.76. The van der Waals surface area contributed by atoms with Gasteiger partial charge >= 0.3 is 0 Å². The van der Waals surface area contributed by atoms with Gasteiger partial charge < -0.3 is 19.0 Å². The monoisotopic (exact) mass is 426 g/mol. The Labute approximate surface area is 182 Å². The average molecular weight is 426 g/mol. The number of hydrogen-bond acceptors (Lipinski definition) is 7. The minimum atomic E-state index is -0.285. The molecular weight excluding hydrogens is 408 g/mol. The van der Waals surface area contributed by atoms with Gasteiger partial charge in [-0.25, -0.2) is 9.97 Å². The van der Waals surface area contributed by atoms with Gasteiger partial charge in [-0.15, -0.1) is 0 Å². The van der Waals surface area contributed by atoms with Gasteiger partial charge in [0.25, 0.3) is 5.91 Å². The van der Waals surface area contributed by atoms with Crippen LogP contribution in [-0.2, 0) is 0 Å². The number of amides is 1. The van der Waals surface area contributed by atoms with Gasteiger partial charge in [0.15, 0.2) is 5.58 Å². The Hall–Kier alpha value is -4.46. The first-order chi connectivity index (χ1) is 15.6. The molecule has 5 aromatic rings. The van der Waals surface area contributed by atoms with E-state index in [-0.39, 0.29) is 5.91 Å². The highest BCUT2D eigenvalue weighted by Crippen LogP contribution is 2.31. The highest BCUT2D eigenvalue weighted by molar-refractivity contribution is 6.06. The molecule has 3 aromatic heterocycles. The fraction of sp³-hybridized carbons (Fsp3) is 0.0833. The van der Waals surface area contributed by atoms with E-state index < -0.39 is 0 Å². The number of aromatic nitrogens is 3. The molecule has 0 atom stereocenters. The third-order valence-electron chi connectivity index (χ3n) is 4.95. The van der Waals surface area contributed by atoms with Gasteiger partial charge in [0.05, 0.1) is 12.5 Å². The summed E-state index contributed by atoms with van der Waals surface area (Å²) in [5, 5.41) is 7.58. The average Bonchev–Trinajstić information content (AvgIpc) is 3.47. The summed E-state index contributed by atoms with van der Waals surface area (Å²) >= 11 is 0. The van der Waals surface area contributed by atoms with Crippen LogP contribution in [0.5, 0.6) is 5.75 Å². The molecule has 0 radical (unpaired) electrons. The number of hydrogen-bond donors (Lipinski definition) is 1. The van der Waals surface area contributed by atoms with Crippen molar-refractivity contribution in [1.29, 1.82) is 0 Å². The van der Waals surface area contributed by atoms with Crippen LogP contribution in [0.3, 0.4) is 0 Å². The topological polar surface area (TPSA) is 103 Å². The number of benzene rings is 2. The number of anilines is 1. The van der Waals surface area contributed by atoms with Crippen molar-refractivity contribution in [1.82, 2.24) is 15.1 Å².